The zero-order valence-corrected chi connectivity index (χ0v) is 21.2. The molecular weight excluding hydrogens is 555 g/mol. The molecule has 0 aromatic heterocycles. The Labute approximate surface area is 212 Å². The average molecular weight is 579 g/mol. The highest BCUT2D eigenvalue weighted by Crippen LogP contribution is 2.34. The van der Waals surface area contributed by atoms with E-state index in [1.54, 1.807) is 43.7 Å². The van der Waals surface area contributed by atoms with Crippen molar-refractivity contribution in [2.75, 3.05) is 13.7 Å². The third kappa shape index (κ3) is 7.10. The maximum Gasteiger partial charge on any atom is 0.271 e. The van der Waals surface area contributed by atoms with Gasteiger partial charge in [-0.3, -0.25) is 4.79 Å². The molecule has 0 bridgehead atoms. The summed E-state index contributed by atoms with van der Waals surface area (Å²) in [5, 5.41) is 4.72. The highest BCUT2D eigenvalue weighted by Gasteiger charge is 2.12. The van der Waals surface area contributed by atoms with Gasteiger partial charge in [-0.05, 0) is 77.0 Å². The van der Waals surface area contributed by atoms with E-state index in [9.17, 15) is 4.79 Å². The molecule has 0 aliphatic heterocycles. The molecule has 172 valence electrons. The van der Waals surface area contributed by atoms with Crippen LogP contribution in [0, 0.1) is 3.57 Å². The quantitative estimate of drug-likeness (QED) is 0.180. The second kappa shape index (κ2) is 12.5. The van der Waals surface area contributed by atoms with Crippen molar-refractivity contribution in [3.8, 4) is 17.2 Å². The monoisotopic (exact) mass is 578 g/mol. The summed E-state index contributed by atoms with van der Waals surface area (Å²) in [6.07, 6.45) is 2.48. The number of hydrazone groups is 1. The van der Waals surface area contributed by atoms with Crippen LogP contribution in [0.5, 0.6) is 17.2 Å². The minimum atomic E-state index is -0.311. The fourth-order valence-electron chi connectivity index (χ4n) is 2.87. The molecule has 33 heavy (non-hydrogen) atoms. The van der Waals surface area contributed by atoms with Gasteiger partial charge in [0.2, 0.25) is 0 Å². The van der Waals surface area contributed by atoms with Crippen molar-refractivity contribution < 1.29 is 19.0 Å². The van der Waals surface area contributed by atoms with Gasteiger partial charge in [0.05, 0.1) is 23.5 Å². The number of amides is 1. The van der Waals surface area contributed by atoms with Crippen LogP contribution in [0.3, 0.4) is 0 Å². The van der Waals surface area contributed by atoms with Crippen LogP contribution in [0.2, 0.25) is 5.02 Å². The highest BCUT2D eigenvalue weighted by atomic mass is 127. The molecule has 0 heterocycles. The van der Waals surface area contributed by atoms with E-state index >= 15 is 0 Å². The van der Waals surface area contributed by atoms with Gasteiger partial charge in [-0.1, -0.05) is 36.7 Å². The summed E-state index contributed by atoms with van der Waals surface area (Å²) in [4.78, 5) is 12.3. The first kappa shape index (κ1) is 24.9. The molecule has 0 aliphatic carbocycles. The van der Waals surface area contributed by atoms with E-state index in [1.807, 2.05) is 37.3 Å². The van der Waals surface area contributed by atoms with Crippen LogP contribution in [-0.4, -0.2) is 25.8 Å². The van der Waals surface area contributed by atoms with Crippen molar-refractivity contribution in [2.45, 2.75) is 20.0 Å². The van der Waals surface area contributed by atoms with Crippen LogP contribution in [-0.2, 0) is 6.61 Å². The fraction of sp³-hybridized carbons (Fsp3) is 0.200. The van der Waals surface area contributed by atoms with E-state index in [2.05, 4.69) is 33.1 Å². The van der Waals surface area contributed by atoms with Gasteiger partial charge < -0.3 is 14.2 Å². The van der Waals surface area contributed by atoms with Crippen molar-refractivity contribution in [1.29, 1.82) is 0 Å². The van der Waals surface area contributed by atoms with Gasteiger partial charge in [0.25, 0.3) is 5.91 Å². The van der Waals surface area contributed by atoms with Gasteiger partial charge >= 0.3 is 0 Å². The predicted molar refractivity (Wildman–Crippen MR) is 139 cm³/mol. The number of hydrogen-bond donors (Lipinski definition) is 1. The van der Waals surface area contributed by atoms with Crippen molar-refractivity contribution in [3.05, 3.63) is 85.9 Å². The summed E-state index contributed by atoms with van der Waals surface area (Å²) >= 11 is 8.39. The number of rotatable bonds is 10. The maximum absolute atomic E-state index is 12.3. The van der Waals surface area contributed by atoms with E-state index in [1.165, 1.54) is 0 Å². The van der Waals surface area contributed by atoms with Crippen LogP contribution in [0.15, 0.2) is 65.8 Å². The molecule has 1 N–H and O–H groups in total. The second-order valence-electron chi connectivity index (χ2n) is 6.99. The molecule has 0 aliphatic rings. The first-order valence-electron chi connectivity index (χ1n) is 10.3. The Hall–Kier alpha value is -2.78. The molecule has 0 radical (unpaired) electrons. The molecule has 3 rings (SSSR count). The van der Waals surface area contributed by atoms with Gasteiger partial charge in [0.15, 0.2) is 11.5 Å². The molecular formula is C25H24ClIN2O4. The fourth-order valence-corrected chi connectivity index (χ4v) is 3.84. The van der Waals surface area contributed by atoms with E-state index in [-0.39, 0.29) is 5.91 Å². The standard InChI is InChI=1S/C25H24ClIN2O4/c1-3-12-32-20-10-8-18(9-11-20)25(30)29-28-15-17-13-22(27)24(23(14-17)31-2)33-16-19-6-4-5-7-21(19)26/h4-11,13-15H,3,12,16H2,1-2H3,(H,29,30)/b28-15-. The number of hydrogen-bond acceptors (Lipinski definition) is 5. The first-order chi connectivity index (χ1) is 16.0. The molecule has 0 spiro atoms. The van der Waals surface area contributed by atoms with Crippen LogP contribution in [0.25, 0.3) is 0 Å². The van der Waals surface area contributed by atoms with E-state index in [0.717, 1.165) is 26.9 Å². The first-order valence-corrected chi connectivity index (χ1v) is 11.8. The van der Waals surface area contributed by atoms with Crippen LogP contribution >= 0.6 is 34.2 Å². The summed E-state index contributed by atoms with van der Waals surface area (Å²) in [6, 6.07) is 18.1. The SMILES string of the molecule is CCCOc1ccc(C(=O)N/N=C\c2cc(I)c(OCc3ccccc3Cl)c(OC)c2)cc1. The van der Waals surface area contributed by atoms with Crippen LogP contribution < -0.4 is 19.6 Å². The summed E-state index contributed by atoms with van der Waals surface area (Å²) in [5.74, 6) is 1.60. The highest BCUT2D eigenvalue weighted by molar-refractivity contribution is 14.1. The number of carbonyl (C=O) groups is 1. The second-order valence-corrected chi connectivity index (χ2v) is 8.56. The number of methoxy groups -OCH3 is 1. The smallest absolute Gasteiger partial charge is 0.271 e. The maximum atomic E-state index is 12.3. The van der Waals surface area contributed by atoms with E-state index < -0.39 is 0 Å². The molecule has 0 atom stereocenters. The number of nitrogens with one attached hydrogen (secondary N) is 1. The normalized spacial score (nSPS) is 10.8. The Kier molecular flexibility index (Phi) is 9.38. The molecule has 6 nitrogen and oxygen atoms in total. The lowest BCUT2D eigenvalue weighted by Gasteiger charge is -2.14. The molecule has 0 saturated carbocycles. The molecule has 3 aromatic rings. The van der Waals surface area contributed by atoms with E-state index in [0.29, 0.717) is 35.3 Å². The minimum absolute atomic E-state index is 0.311. The number of ether oxygens (including phenoxy) is 3. The lowest BCUT2D eigenvalue weighted by Crippen LogP contribution is -2.17. The third-order valence-electron chi connectivity index (χ3n) is 4.55. The number of halogens is 2. The molecule has 0 saturated heterocycles. The van der Waals surface area contributed by atoms with Crippen molar-refractivity contribution in [3.63, 3.8) is 0 Å². The predicted octanol–water partition coefficient (Wildman–Crippen LogP) is 6.08. The number of carbonyl (C=O) groups excluding carboxylic acids is 1. The number of benzene rings is 3. The molecule has 3 aromatic carbocycles. The Morgan fingerprint density at radius 3 is 2.58 bits per heavy atom. The zero-order chi connectivity index (χ0) is 23.6. The van der Waals surface area contributed by atoms with Gasteiger partial charge in [0, 0.05) is 16.1 Å². The molecule has 0 fully saturated rings. The van der Waals surface area contributed by atoms with Gasteiger partial charge in [-0.2, -0.15) is 5.10 Å². The summed E-state index contributed by atoms with van der Waals surface area (Å²) < 4.78 is 17.8. The molecule has 1 amide bonds. The van der Waals surface area contributed by atoms with Gasteiger partial charge in [-0.15, -0.1) is 0 Å². The van der Waals surface area contributed by atoms with E-state index in [4.69, 9.17) is 25.8 Å². The third-order valence-corrected chi connectivity index (χ3v) is 5.72. The van der Waals surface area contributed by atoms with Crippen molar-refractivity contribution >= 4 is 46.3 Å². The molecule has 0 unspecified atom stereocenters. The zero-order valence-electron chi connectivity index (χ0n) is 18.3. The Bertz CT molecular complexity index is 1120. The summed E-state index contributed by atoms with van der Waals surface area (Å²) in [7, 11) is 1.57. The average Bonchev–Trinajstić information content (AvgIpc) is 2.83. The topological polar surface area (TPSA) is 69.2 Å². The molecule has 8 heteroatoms. The van der Waals surface area contributed by atoms with Gasteiger partial charge in [-0.25, -0.2) is 5.43 Å². The summed E-state index contributed by atoms with van der Waals surface area (Å²) in [6.45, 7) is 3.00. The Morgan fingerprint density at radius 2 is 1.88 bits per heavy atom. The number of nitrogens with zero attached hydrogens (tertiary/aromatic N) is 1. The minimum Gasteiger partial charge on any atom is -0.494 e. The van der Waals surface area contributed by atoms with Crippen molar-refractivity contribution in [1.82, 2.24) is 5.43 Å². The summed E-state index contributed by atoms with van der Waals surface area (Å²) in [5.41, 5.74) is 4.67. The van der Waals surface area contributed by atoms with Crippen molar-refractivity contribution in [2.24, 2.45) is 5.10 Å². The largest absolute Gasteiger partial charge is 0.494 e. The Balaban J connectivity index is 1.64. The Morgan fingerprint density at radius 1 is 1.12 bits per heavy atom. The van der Waals surface area contributed by atoms with Gasteiger partial charge in [0.1, 0.15) is 12.4 Å². The van der Waals surface area contributed by atoms with Crippen LogP contribution in [0.4, 0.5) is 0 Å². The lowest BCUT2D eigenvalue weighted by molar-refractivity contribution is 0.0955. The lowest BCUT2D eigenvalue weighted by atomic mass is 10.2. The van der Waals surface area contributed by atoms with Crippen LogP contribution in [0.1, 0.15) is 34.8 Å².